The summed E-state index contributed by atoms with van der Waals surface area (Å²) in [5.74, 6) is 0.238. The molecule has 120 valence electrons. The van der Waals surface area contributed by atoms with Gasteiger partial charge in [0.1, 0.15) is 5.75 Å². The number of para-hydroxylation sites is 1. The smallest absolute Gasteiger partial charge is 0.262 e. The van der Waals surface area contributed by atoms with Crippen molar-refractivity contribution in [3.8, 4) is 5.75 Å². The van der Waals surface area contributed by atoms with Gasteiger partial charge in [-0.1, -0.05) is 18.2 Å². The number of carbonyl (C=O) groups excluding carboxylic acids is 2. The summed E-state index contributed by atoms with van der Waals surface area (Å²) in [7, 11) is 3.39. The largest absolute Gasteiger partial charge is 0.484 e. The van der Waals surface area contributed by atoms with Crippen molar-refractivity contribution in [1.29, 1.82) is 0 Å². The molecule has 0 radical (unpaired) electrons. The molecule has 5 heteroatoms. The average molecular weight is 312 g/mol. The number of benzene rings is 2. The predicted molar refractivity (Wildman–Crippen MR) is 89.8 cm³/mol. The fourth-order valence-electron chi connectivity index (χ4n) is 2.00. The number of aryl methyl sites for hydroxylation is 1. The summed E-state index contributed by atoms with van der Waals surface area (Å²) in [5, 5.41) is 2.80. The van der Waals surface area contributed by atoms with E-state index in [1.54, 1.807) is 38.4 Å². The van der Waals surface area contributed by atoms with Gasteiger partial charge in [0, 0.05) is 25.3 Å². The Morgan fingerprint density at radius 1 is 1.04 bits per heavy atom. The Morgan fingerprint density at radius 2 is 1.70 bits per heavy atom. The third kappa shape index (κ3) is 4.57. The second-order valence-corrected chi connectivity index (χ2v) is 5.38. The molecule has 0 aromatic heterocycles. The van der Waals surface area contributed by atoms with E-state index in [-0.39, 0.29) is 18.4 Å². The van der Waals surface area contributed by atoms with Crippen LogP contribution in [0.1, 0.15) is 15.9 Å². The Morgan fingerprint density at radius 3 is 2.30 bits per heavy atom. The molecule has 0 aliphatic carbocycles. The maximum atomic E-state index is 11.9. The van der Waals surface area contributed by atoms with Gasteiger partial charge in [-0.15, -0.1) is 0 Å². The van der Waals surface area contributed by atoms with Crippen LogP contribution in [0.4, 0.5) is 5.69 Å². The number of rotatable bonds is 5. The van der Waals surface area contributed by atoms with Gasteiger partial charge in [0.15, 0.2) is 6.61 Å². The first kappa shape index (κ1) is 16.5. The highest BCUT2D eigenvalue weighted by atomic mass is 16.5. The zero-order valence-corrected chi connectivity index (χ0v) is 13.5. The normalized spacial score (nSPS) is 10.0. The van der Waals surface area contributed by atoms with E-state index >= 15 is 0 Å². The lowest BCUT2D eigenvalue weighted by Gasteiger charge is -2.11. The highest BCUT2D eigenvalue weighted by molar-refractivity contribution is 5.94. The van der Waals surface area contributed by atoms with Gasteiger partial charge in [-0.25, -0.2) is 0 Å². The molecule has 0 heterocycles. The van der Waals surface area contributed by atoms with Crippen LogP contribution in [0.5, 0.6) is 5.75 Å². The molecule has 23 heavy (non-hydrogen) atoms. The maximum absolute atomic E-state index is 11.9. The fraction of sp³-hybridized carbons (Fsp3) is 0.222. The third-order valence-corrected chi connectivity index (χ3v) is 3.30. The topological polar surface area (TPSA) is 58.6 Å². The second kappa shape index (κ2) is 7.45. The summed E-state index contributed by atoms with van der Waals surface area (Å²) in [5.41, 5.74) is 2.34. The SMILES string of the molecule is Cc1ccccc1NC(=O)COc1ccc(C(=O)N(C)C)cc1. The minimum atomic E-state index is -0.229. The van der Waals surface area contributed by atoms with Crippen molar-refractivity contribution < 1.29 is 14.3 Å². The molecule has 0 fully saturated rings. The molecule has 2 aromatic rings. The standard InChI is InChI=1S/C18H20N2O3/c1-13-6-4-5-7-16(13)19-17(21)12-23-15-10-8-14(9-11-15)18(22)20(2)3/h4-11H,12H2,1-3H3,(H,19,21). The Hall–Kier alpha value is -2.82. The molecule has 0 unspecified atom stereocenters. The van der Waals surface area contributed by atoms with Crippen LogP contribution in [-0.2, 0) is 4.79 Å². The van der Waals surface area contributed by atoms with E-state index in [1.807, 2.05) is 31.2 Å². The minimum Gasteiger partial charge on any atom is -0.484 e. The number of hydrogen-bond acceptors (Lipinski definition) is 3. The van der Waals surface area contributed by atoms with Crippen LogP contribution in [0.3, 0.4) is 0 Å². The first-order valence-electron chi connectivity index (χ1n) is 7.27. The summed E-state index contributed by atoms with van der Waals surface area (Å²) >= 11 is 0. The van der Waals surface area contributed by atoms with Crippen LogP contribution >= 0.6 is 0 Å². The van der Waals surface area contributed by atoms with E-state index in [4.69, 9.17) is 4.74 Å². The van der Waals surface area contributed by atoms with Gasteiger partial charge < -0.3 is 15.0 Å². The molecular formula is C18H20N2O3. The summed E-state index contributed by atoms with van der Waals surface area (Å²) in [6.45, 7) is 1.84. The molecule has 0 atom stereocenters. The molecular weight excluding hydrogens is 292 g/mol. The molecule has 2 rings (SSSR count). The Bertz CT molecular complexity index is 694. The molecule has 2 amide bonds. The minimum absolute atomic E-state index is 0.0751. The van der Waals surface area contributed by atoms with Crippen molar-refractivity contribution in [2.24, 2.45) is 0 Å². The van der Waals surface area contributed by atoms with Gasteiger partial charge in [0.05, 0.1) is 0 Å². The van der Waals surface area contributed by atoms with Crippen LogP contribution in [0.2, 0.25) is 0 Å². The van der Waals surface area contributed by atoms with E-state index < -0.39 is 0 Å². The number of nitrogens with zero attached hydrogens (tertiary/aromatic N) is 1. The van der Waals surface area contributed by atoms with E-state index in [0.717, 1.165) is 11.3 Å². The molecule has 2 aromatic carbocycles. The van der Waals surface area contributed by atoms with Crippen LogP contribution < -0.4 is 10.1 Å². The van der Waals surface area contributed by atoms with Crippen molar-refractivity contribution in [3.63, 3.8) is 0 Å². The number of carbonyl (C=O) groups is 2. The van der Waals surface area contributed by atoms with E-state index in [0.29, 0.717) is 11.3 Å². The quantitative estimate of drug-likeness (QED) is 0.923. The molecule has 0 saturated carbocycles. The third-order valence-electron chi connectivity index (χ3n) is 3.30. The highest BCUT2D eigenvalue weighted by Crippen LogP contribution is 2.15. The zero-order chi connectivity index (χ0) is 16.8. The first-order chi connectivity index (χ1) is 11.0. The summed E-state index contributed by atoms with van der Waals surface area (Å²) < 4.78 is 5.44. The lowest BCUT2D eigenvalue weighted by molar-refractivity contribution is -0.118. The van der Waals surface area contributed by atoms with Gasteiger partial charge in [0.2, 0.25) is 0 Å². The zero-order valence-electron chi connectivity index (χ0n) is 13.5. The Labute approximate surface area is 135 Å². The monoisotopic (exact) mass is 312 g/mol. The van der Waals surface area contributed by atoms with Crippen LogP contribution in [0, 0.1) is 6.92 Å². The van der Waals surface area contributed by atoms with Crippen LogP contribution in [0.15, 0.2) is 48.5 Å². The highest BCUT2D eigenvalue weighted by Gasteiger charge is 2.09. The fourth-order valence-corrected chi connectivity index (χ4v) is 2.00. The summed E-state index contributed by atoms with van der Waals surface area (Å²) in [6.07, 6.45) is 0. The van der Waals surface area contributed by atoms with Crippen molar-refractivity contribution in [3.05, 3.63) is 59.7 Å². The predicted octanol–water partition coefficient (Wildman–Crippen LogP) is 2.71. The molecule has 0 aliphatic heterocycles. The van der Waals surface area contributed by atoms with Crippen molar-refractivity contribution in [2.75, 3.05) is 26.0 Å². The molecule has 0 bridgehead atoms. The van der Waals surface area contributed by atoms with Gasteiger partial charge >= 0.3 is 0 Å². The number of ether oxygens (including phenoxy) is 1. The van der Waals surface area contributed by atoms with Gasteiger partial charge in [-0.3, -0.25) is 9.59 Å². The second-order valence-electron chi connectivity index (χ2n) is 5.38. The summed E-state index contributed by atoms with van der Waals surface area (Å²) in [4.78, 5) is 25.2. The first-order valence-corrected chi connectivity index (χ1v) is 7.27. The molecule has 0 aliphatic rings. The Kier molecular flexibility index (Phi) is 5.36. The number of nitrogens with one attached hydrogen (secondary N) is 1. The van der Waals surface area contributed by atoms with Gasteiger partial charge in [-0.2, -0.15) is 0 Å². The van der Waals surface area contributed by atoms with Gasteiger partial charge in [-0.05, 0) is 42.8 Å². The lowest BCUT2D eigenvalue weighted by atomic mass is 10.2. The number of anilines is 1. The van der Waals surface area contributed by atoms with E-state index in [2.05, 4.69) is 5.32 Å². The lowest BCUT2D eigenvalue weighted by Crippen LogP contribution is -2.22. The van der Waals surface area contributed by atoms with Crippen LogP contribution in [-0.4, -0.2) is 37.4 Å². The van der Waals surface area contributed by atoms with Crippen molar-refractivity contribution >= 4 is 17.5 Å². The number of hydrogen-bond donors (Lipinski definition) is 1. The number of amides is 2. The summed E-state index contributed by atoms with van der Waals surface area (Å²) in [6, 6.07) is 14.3. The van der Waals surface area contributed by atoms with Crippen molar-refractivity contribution in [2.45, 2.75) is 6.92 Å². The van der Waals surface area contributed by atoms with E-state index in [1.165, 1.54) is 4.90 Å². The Balaban J connectivity index is 1.89. The van der Waals surface area contributed by atoms with Crippen molar-refractivity contribution in [1.82, 2.24) is 4.90 Å². The molecule has 0 saturated heterocycles. The molecule has 0 spiro atoms. The van der Waals surface area contributed by atoms with Gasteiger partial charge in [0.25, 0.3) is 11.8 Å². The average Bonchev–Trinajstić information content (AvgIpc) is 2.55. The van der Waals surface area contributed by atoms with E-state index in [9.17, 15) is 9.59 Å². The molecule has 1 N–H and O–H groups in total. The van der Waals surface area contributed by atoms with Crippen LogP contribution in [0.25, 0.3) is 0 Å². The molecule has 5 nitrogen and oxygen atoms in total. The maximum Gasteiger partial charge on any atom is 0.262 e.